The lowest BCUT2D eigenvalue weighted by Gasteiger charge is -2.19. The molecular weight excluding hydrogens is 300 g/mol. The van der Waals surface area contributed by atoms with E-state index in [1.54, 1.807) is 0 Å². The molecule has 4 nitrogen and oxygen atoms in total. The molecule has 24 heavy (non-hydrogen) atoms. The molecule has 0 aliphatic carbocycles. The second-order valence-corrected chi connectivity index (χ2v) is 6.08. The summed E-state index contributed by atoms with van der Waals surface area (Å²) in [7, 11) is 0. The van der Waals surface area contributed by atoms with Crippen molar-refractivity contribution in [2.24, 2.45) is 11.7 Å². The van der Waals surface area contributed by atoms with E-state index < -0.39 is 11.9 Å². The molecule has 2 unspecified atom stereocenters. The molecule has 0 bridgehead atoms. The number of nitrogens with two attached hydrogens (primary N) is 1. The SMILES string of the molecule is CC(Cc1ccccc1)C(=O)NC(CCc1ccccc1)C(N)=O. The van der Waals surface area contributed by atoms with Crippen molar-refractivity contribution in [3.05, 3.63) is 71.8 Å². The molecule has 126 valence electrons. The predicted molar refractivity (Wildman–Crippen MR) is 95.2 cm³/mol. The van der Waals surface area contributed by atoms with Crippen LogP contribution in [0.2, 0.25) is 0 Å². The zero-order valence-electron chi connectivity index (χ0n) is 13.9. The van der Waals surface area contributed by atoms with Crippen LogP contribution in [0, 0.1) is 5.92 Å². The van der Waals surface area contributed by atoms with E-state index in [1.807, 2.05) is 67.6 Å². The van der Waals surface area contributed by atoms with Gasteiger partial charge in [0.1, 0.15) is 6.04 Å². The number of amides is 2. The maximum atomic E-state index is 12.4. The van der Waals surface area contributed by atoms with E-state index in [4.69, 9.17) is 5.73 Å². The van der Waals surface area contributed by atoms with Crippen LogP contribution in [0.25, 0.3) is 0 Å². The fourth-order valence-electron chi connectivity index (χ4n) is 2.62. The number of rotatable bonds is 8. The second kappa shape index (κ2) is 8.87. The zero-order chi connectivity index (χ0) is 17.4. The third-order valence-electron chi connectivity index (χ3n) is 4.06. The first kappa shape index (κ1) is 17.7. The van der Waals surface area contributed by atoms with Gasteiger partial charge in [0.25, 0.3) is 0 Å². The maximum absolute atomic E-state index is 12.4. The highest BCUT2D eigenvalue weighted by Crippen LogP contribution is 2.10. The summed E-state index contributed by atoms with van der Waals surface area (Å²) < 4.78 is 0. The largest absolute Gasteiger partial charge is 0.368 e. The van der Waals surface area contributed by atoms with Gasteiger partial charge in [-0.05, 0) is 30.4 Å². The van der Waals surface area contributed by atoms with E-state index in [9.17, 15) is 9.59 Å². The van der Waals surface area contributed by atoms with Gasteiger partial charge in [-0.3, -0.25) is 9.59 Å². The van der Waals surface area contributed by atoms with E-state index in [0.29, 0.717) is 19.3 Å². The van der Waals surface area contributed by atoms with Gasteiger partial charge in [-0.1, -0.05) is 67.6 Å². The van der Waals surface area contributed by atoms with Gasteiger partial charge in [0.05, 0.1) is 0 Å². The molecule has 0 spiro atoms. The van der Waals surface area contributed by atoms with E-state index in [2.05, 4.69) is 5.32 Å². The molecule has 0 aliphatic heterocycles. The third kappa shape index (κ3) is 5.54. The van der Waals surface area contributed by atoms with Crippen molar-refractivity contribution in [3.63, 3.8) is 0 Å². The minimum atomic E-state index is -0.643. The Morgan fingerprint density at radius 2 is 1.50 bits per heavy atom. The summed E-state index contributed by atoms with van der Waals surface area (Å²) in [6, 6.07) is 19.0. The van der Waals surface area contributed by atoms with Crippen molar-refractivity contribution in [2.45, 2.75) is 32.2 Å². The molecule has 0 fully saturated rings. The molecule has 4 heteroatoms. The number of carbonyl (C=O) groups is 2. The van der Waals surface area contributed by atoms with Crippen LogP contribution in [0.4, 0.5) is 0 Å². The van der Waals surface area contributed by atoms with Gasteiger partial charge >= 0.3 is 0 Å². The highest BCUT2D eigenvalue weighted by Gasteiger charge is 2.21. The van der Waals surface area contributed by atoms with Gasteiger partial charge in [0.2, 0.25) is 11.8 Å². The molecular formula is C20H24N2O2. The Labute approximate surface area is 143 Å². The molecule has 0 radical (unpaired) electrons. The quantitative estimate of drug-likeness (QED) is 0.783. The van der Waals surface area contributed by atoms with E-state index >= 15 is 0 Å². The molecule has 2 amide bonds. The first-order valence-corrected chi connectivity index (χ1v) is 8.24. The fraction of sp³-hybridized carbons (Fsp3) is 0.300. The lowest BCUT2D eigenvalue weighted by molar-refractivity contribution is -0.129. The van der Waals surface area contributed by atoms with E-state index in [1.165, 1.54) is 0 Å². The molecule has 2 rings (SSSR count). The normalized spacial score (nSPS) is 13.0. The van der Waals surface area contributed by atoms with Gasteiger partial charge in [-0.25, -0.2) is 0 Å². The predicted octanol–water partition coefficient (Wildman–Crippen LogP) is 2.47. The molecule has 0 aromatic heterocycles. The van der Waals surface area contributed by atoms with Gasteiger partial charge in [-0.2, -0.15) is 0 Å². The smallest absolute Gasteiger partial charge is 0.240 e. The number of benzene rings is 2. The van der Waals surface area contributed by atoms with Crippen LogP contribution >= 0.6 is 0 Å². The lowest BCUT2D eigenvalue weighted by atomic mass is 9.99. The summed E-state index contributed by atoms with van der Waals surface area (Å²) in [5.74, 6) is -0.854. The number of nitrogens with one attached hydrogen (secondary N) is 1. The summed E-state index contributed by atoms with van der Waals surface area (Å²) in [6.07, 6.45) is 1.84. The van der Waals surface area contributed by atoms with Crippen molar-refractivity contribution in [3.8, 4) is 0 Å². The van der Waals surface area contributed by atoms with Gasteiger partial charge in [0, 0.05) is 5.92 Å². The van der Waals surface area contributed by atoms with Crippen molar-refractivity contribution >= 4 is 11.8 Å². The average molecular weight is 324 g/mol. The minimum Gasteiger partial charge on any atom is -0.368 e. The number of aryl methyl sites for hydroxylation is 1. The van der Waals surface area contributed by atoms with Gasteiger partial charge in [0.15, 0.2) is 0 Å². The summed E-state index contributed by atoms with van der Waals surface area (Å²) in [6.45, 7) is 1.86. The Hall–Kier alpha value is -2.62. The van der Waals surface area contributed by atoms with Gasteiger partial charge in [-0.15, -0.1) is 0 Å². The fourth-order valence-corrected chi connectivity index (χ4v) is 2.62. The minimum absolute atomic E-state index is 0.143. The van der Waals surface area contributed by atoms with Gasteiger partial charge < -0.3 is 11.1 Å². The second-order valence-electron chi connectivity index (χ2n) is 6.08. The van der Waals surface area contributed by atoms with Crippen LogP contribution < -0.4 is 11.1 Å². The Morgan fingerprint density at radius 3 is 2.04 bits per heavy atom. The van der Waals surface area contributed by atoms with Crippen molar-refractivity contribution in [1.82, 2.24) is 5.32 Å². The molecule has 2 atom stereocenters. The van der Waals surface area contributed by atoms with Crippen LogP contribution in [0.5, 0.6) is 0 Å². The number of primary amides is 1. The van der Waals surface area contributed by atoms with Crippen molar-refractivity contribution < 1.29 is 9.59 Å². The van der Waals surface area contributed by atoms with Crippen molar-refractivity contribution in [1.29, 1.82) is 0 Å². The first-order valence-electron chi connectivity index (χ1n) is 8.24. The molecule has 2 aromatic rings. The van der Waals surface area contributed by atoms with Crippen LogP contribution in [-0.2, 0) is 22.4 Å². The molecule has 0 aliphatic rings. The van der Waals surface area contributed by atoms with Crippen LogP contribution in [0.3, 0.4) is 0 Å². The van der Waals surface area contributed by atoms with Crippen LogP contribution in [0.15, 0.2) is 60.7 Å². The van der Waals surface area contributed by atoms with E-state index in [-0.39, 0.29) is 11.8 Å². The Morgan fingerprint density at radius 1 is 0.958 bits per heavy atom. The average Bonchev–Trinajstić information content (AvgIpc) is 2.59. The first-order chi connectivity index (χ1) is 11.6. The summed E-state index contributed by atoms with van der Waals surface area (Å²) in [4.78, 5) is 24.0. The summed E-state index contributed by atoms with van der Waals surface area (Å²) in [5, 5.41) is 2.79. The van der Waals surface area contributed by atoms with Crippen molar-refractivity contribution in [2.75, 3.05) is 0 Å². The molecule has 0 heterocycles. The highest BCUT2D eigenvalue weighted by molar-refractivity contribution is 5.87. The zero-order valence-corrected chi connectivity index (χ0v) is 13.9. The third-order valence-corrected chi connectivity index (χ3v) is 4.06. The maximum Gasteiger partial charge on any atom is 0.240 e. The molecule has 0 saturated carbocycles. The monoisotopic (exact) mass is 324 g/mol. The molecule has 3 N–H and O–H groups in total. The standard InChI is InChI=1S/C20H24N2O2/c1-15(14-17-10-6-3-7-11-17)20(24)22-18(19(21)23)13-12-16-8-4-2-5-9-16/h2-11,15,18H,12-14H2,1H3,(H2,21,23)(H,22,24). The number of hydrogen-bond donors (Lipinski definition) is 2. The molecule has 2 aromatic carbocycles. The summed E-state index contributed by atoms with van der Waals surface area (Å²) in [5.41, 5.74) is 7.67. The topological polar surface area (TPSA) is 72.2 Å². The van der Waals surface area contributed by atoms with E-state index in [0.717, 1.165) is 11.1 Å². The molecule has 0 saturated heterocycles. The summed E-state index contributed by atoms with van der Waals surface area (Å²) >= 11 is 0. The Balaban J connectivity index is 1.89. The highest BCUT2D eigenvalue weighted by atomic mass is 16.2. The Kier molecular flexibility index (Phi) is 6.55. The lowest BCUT2D eigenvalue weighted by Crippen LogP contribution is -2.46. The van der Waals surface area contributed by atoms with Crippen LogP contribution in [-0.4, -0.2) is 17.9 Å². The number of carbonyl (C=O) groups excluding carboxylic acids is 2. The number of hydrogen-bond acceptors (Lipinski definition) is 2. The Bertz CT molecular complexity index is 656. The van der Waals surface area contributed by atoms with Crippen LogP contribution in [0.1, 0.15) is 24.5 Å².